The number of phenols is 1. The molecular formula is C29H41NO4. The van der Waals surface area contributed by atoms with E-state index in [9.17, 15) is 10.2 Å². The molecule has 0 radical (unpaired) electrons. The van der Waals surface area contributed by atoms with Crippen molar-refractivity contribution < 1.29 is 19.7 Å². The molecule has 4 fully saturated rings. The fourth-order valence-electron chi connectivity index (χ4n) is 9.25. The molecule has 4 aliphatic carbocycles. The van der Waals surface area contributed by atoms with Gasteiger partial charge >= 0.3 is 0 Å². The Kier molecular flexibility index (Phi) is 4.58. The van der Waals surface area contributed by atoms with E-state index in [-0.39, 0.29) is 34.0 Å². The lowest BCUT2D eigenvalue weighted by molar-refractivity contribution is -0.312. The Morgan fingerprint density at radius 2 is 2.00 bits per heavy atom. The van der Waals surface area contributed by atoms with Gasteiger partial charge in [0.25, 0.3) is 0 Å². The lowest BCUT2D eigenvalue weighted by Crippen LogP contribution is -2.83. The van der Waals surface area contributed by atoms with Crippen LogP contribution in [0.25, 0.3) is 0 Å². The molecule has 2 aliphatic heterocycles. The molecule has 4 bridgehead atoms. The Labute approximate surface area is 204 Å². The van der Waals surface area contributed by atoms with Gasteiger partial charge < -0.3 is 19.7 Å². The number of benzene rings is 1. The summed E-state index contributed by atoms with van der Waals surface area (Å²) in [5, 5.41) is 23.1. The number of fused-ring (bicyclic) bond motifs is 2. The highest BCUT2D eigenvalue weighted by atomic mass is 16.6. The minimum Gasteiger partial charge on any atom is -0.504 e. The second kappa shape index (κ2) is 6.80. The van der Waals surface area contributed by atoms with Gasteiger partial charge in [-0.2, -0.15) is 0 Å². The Morgan fingerprint density at radius 1 is 1.24 bits per heavy atom. The van der Waals surface area contributed by atoms with E-state index >= 15 is 0 Å². The molecule has 1 aromatic carbocycles. The SMILES string of the molecule is C=CCCN1CC[C@]23c4c5ccc(O)c4O[C@H]2[C@@]2(OC)CC[C@@]3(C[C@@H]2[C@](C)(O)C(C)(C)C)C1C5. The van der Waals surface area contributed by atoms with E-state index in [0.717, 1.165) is 51.6 Å². The van der Waals surface area contributed by atoms with Crippen molar-refractivity contribution in [3.63, 3.8) is 0 Å². The van der Waals surface area contributed by atoms with E-state index in [1.807, 2.05) is 26.2 Å². The highest BCUT2D eigenvalue weighted by Gasteiger charge is 2.82. The summed E-state index contributed by atoms with van der Waals surface area (Å²) in [5.41, 5.74) is 0.562. The number of ether oxygens (including phenoxy) is 2. The van der Waals surface area contributed by atoms with Gasteiger partial charge in [-0.15, -0.1) is 6.58 Å². The number of rotatable bonds is 5. The van der Waals surface area contributed by atoms with Crippen LogP contribution in [-0.2, 0) is 16.6 Å². The molecule has 5 nitrogen and oxygen atoms in total. The summed E-state index contributed by atoms with van der Waals surface area (Å²) in [5.74, 6) is 0.871. The number of hydrogen-bond donors (Lipinski definition) is 2. The maximum Gasteiger partial charge on any atom is 0.165 e. The highest BCUT2D eigenvalue weighted by Crippen LogP contribution is 2.77. The van der Waals surface area contributed by atoms with Crippen molar-refractivity contribution in [1.29, 1.82) is 0 Å². The van der Waals surface area contributed by atoms with Crippen molar-refractivity contribution in [1.82, 2.24) is 4.90 Å². The fourth-order valence-corrected chi connectivity index (χ4v) is 9.25. The molecule has 186 valence electrons. The number of methoxy groups -OCH3 is 1. The third-order valence-corrected chi connectivity index (χ3v) is 11.3. The second-order valence-corrected chi connectivity index (χ2v) is 13.0. The summed E-state index contributed by atoms with van der Waals surface area (Å²) in [6.07, 6.45) is 7.67. The maximum atomic E-state index is 12.2. The molecule has 1 aromatic rings. The van der Waals surface area contributed by atoms with E-state index in [0.29, 0.717) is 11.8 Å². The van der Waals surface area contributed by atoms with Crippen molar-refractivity contribution in [2.45, 2.75) is 95.0 Å². The second-order valence-electron chi connectivity index (χ2n) is 13.0. The summed E-state index contributed by atoms with van der Waals surface area (Å²) in [7, 11) is 1.81. The van der Waals surface area contributed by atoms with E-state index in [4.69, 9.17) is 9.47 Å². The maximum absolute atomic E-state index is 12.2. The van der Waals surface area contributed by atoms with Crippen LogP contribution < -0.4 is 4.74 Å². The zero-order chi connectivity index (χ0) is 24.3. The lowest BCUT2D eigenvalue weighted by atomic mass is 9.33. The summed E-state index contributed by atoms with van der Waals surface area (Å²) in [6.45, 7) is 14.5. The van der Waals surface area contributed by atoms with Gasteiger partial charge in [-0.1, -0.05) is 32.9 Å². The van der Waals surface area contributed by atoms with Gasteiger partial charge in [0, 0.05) is 42.0 Å². The van der Waals surface area contributed by atoms with Gasteiger partial charge in [-0.05, 0) is 69.0 Å². The Hall–Kier alpha value is -1.56. The first-order chi connectivity index (χ1) is 16.0. The monoisotopic (exact) mass is 467 g/mol. The van der Waals surface area contributed by atoms with Crippen molar-refractivity contribution in [3.8, 4) is 11.5 Å². The first-order valence-electron chi connectivity index (χ1n) is 13.1. The third-order valence-electron chi connectivity index (χ3n) is 11.3. The molecule has 3 saturated carbocycles. The van der Waals surface area contributed by atoms with Gasteiger partial charge in [0.2, 0.25) is 0 Å². The van der Waals surface area contributed by atoms with Crippen LogP contribution in [0, 0.1) is 16.7 Å². The summed E-state index contributed by atoms with van der Waals surface area (Å²) >= 11 is 0. The standard InChI is InChI=1S/C29H41NO4/c1-7-8-14-30-15-13-28-22-18-9-10-19(31)23(22)34-24(28)29(33-6)12-11-27(28,21(30)16-18)17-20(29)26(5,32)25(2,3)4/h7,9-10,20-21,24,31-32H,1,8,11-17H2,2-6H3/t20-,21?,24-,26+,27-,28+,29-/m1/s1. The Balaban J connectivity index is 1.61. The van der Waals surface area contributed by atoms with Crippen molar-refractivity contribution in [3.05, 3.63) is 35.9 Å². The molecular weight excluding hydrogens is 426 g/mol. The average molecular weight is 468 g/mol. The fraction of sp³-hybridized carbons (Fsp3) is 0.724. The molecule has 0 aromatic heterocycles. The molecule has 0 amide bonds. The van der Waals surface area contributed by atoms with Gasteiger partial charge in [0.05, 0.1) is 5.60 Å². The molecule has 2 N–H and O–H groups in total. The lowest BCUT2D eigenvalue weighted by Gasteiger charge is -2.75. The van der Waals surface area contributed by atoms with E-state index in [2.05, 4.69) is 38.3 Å². The first-order valence-corrected chi connectivity index (χ1v) is 13.1. The number of aliphatic hydroxyl groups is 1. The topological polar surface area (TPSA) is 62.2 Å². The molecule has 7 atom stereocenters. The number of aromatic hydroxyl groups is 1. The zero-order valence-electron chi connectivity index (χ0n) is 21.5. The minimum absolute atomic E-state index is 0.0106. The molecule has 2 heterocycles. The largest absolute Gasteiger partial charge is 0.504 e. The van der Waals surface area contributed by atoms with Crippen LogP contribution >= 0.6 is 0 Å². The molecule has 2 spiro atoms. The number of likely N-dealkylation sites (tertiary alicyclic amines) is 1. The molecule has 1 unspecified atom stereocenters. The average Bonchev–Trinajstić information content (AvgIpc) is 3.16. The molecule has 1 saturated heterocycles. The first kappa shape index (κ1) is 22.9. The van der Waals surface area contributed by atoms with Crippen LogP contribution in [0.3, 0.4) is 0 Å². The molecule has 7 rings (SSSR count). The molecule has 34 heavy (non-hydrogen) atoms. The van der Waals surface area contributed by atoms with Gasteiger partial charge in [0.1, 0.15) is 11.7 Å². The van der Waals surface area contributed by atoms with Crippen LogP contribution in [0.2, 0.25) is 0 Å². The van der Waals surface area contributed by atoms with E-state index in [1.54, 1.807) is 0 Å². The summed E-state index contributed by atoms with van der Waals surface area (Å²) in [4.78, 5) is 2.70. The van der Waals surface area contributed by atoms with Crippen molar-refractivity contribution >= 4 is 0 Å². The van der Waals surface area contributed by atoms with Crippen LogP contribution in [0.5, 0.6) is 11.5 Å². The predicted octanol–water partition coefficient (Wildman–Crippen LogP) is 4.58. The summed E-state index contributed by atoms with van der Waals surface area (Å²) < 4.78 is 13.4. The van der Waals surface area contributed by atoms with Crippen LogP contribution in [0.4, 0.5) is 0 Å². The quantitative estimate of drug-likeness (QED) is 0.621. The van der Waals surface area contributed by atoms with E-state index in [1.165, 1.54) is 11.1 Å². The van der Waals surface area contributed by atoms with Crippen LogP contribution in [-0.4, -0.2) is 58.7 Å². The number of hydrogen-bond acceptors (Lipinski definition) is 5. The summed E-state index contributed by atoms with van der Waals surface area (Å²) in [6, 6.07) is 4.33. The predicted molar refractivity (Wildman–Crippen MR) is 132 cm³/mol. The zero-order valence-corrected chi connectivity index (χ0v) is 21.5. The smallest absolute Gasteiger partial charge is 0.165 e. The third kappa shape index (κ3) is 2.33. The highest BCUT2D eigenvalue weighted by molar-refractivity contribution is 5.63. The molecule has 6 aliphatic rings. The van der Waals surface area contributed by atoms with Crippen LogP contribution in [0.1, 0.15) is 70.9 Å². The van der Waals surface area contributed by atoms with Crippen LogP contribution in [0.15, 0.2) is 24.8 Å². The Bertz CT molecular complexity index is 1040. The van der Waals surface area contributed by atoms with Gasteiger partial charge in [-0.3, -0.25) is 4.90 Å². The van der Waals surface area contributed by atoms with Crippen molar-refractivity contribution in [2.75, 3.05) is 20.2 Å². The van der Waals surface area contributed by atoms with Gasteiger partial charge in [0.15, 0.2) is 11.5 Å². The minimum atomic E-state index is -0.932. The molecule has 5 heteroatoms. The van der Waals surface area contributed by atoms with Gasteiger partial charge in [-0.25, -0.2) is 0 Å². The Morgan fingerprint density at radius 3 is 2.68 bits per heavy atom. The number of nitrogens with zero attached hydrogens (tertiary/aromatic N) is 1. The van der Waals surface area contributed by atoms with Crippen molar-refractivity contribution in [2.24, 2.45) is 16.7 Å². The normalized spacial score (nSPS) is 41.5. The van der Waals surface area contributed by atoms with E-state index < -0.39 is 11.2 Å². The number of phenolic OH excluding ortho intramolecular Hbond substituents is 1. The number of piperidine rings is 1.